The van der Waals surface area contributed by atoms with Gasteiger partial charge < -0.3 is 9.84 Å². The summed E-state index contributed by atoms with van der Waals surface area (Å²) in [6, 6.07) is 11.0. The third-order valence-corrected chi connectivity index (χ3v) is 4.78. The summed E-state index contributed by atoms with van der Waals surface area (Å²) in [6.45, 7) is 1.82. The van der Waals surface area contributed by atoms with E-state index in [0.717, 1.165) is 11.1 Å². The summed E-state index contributed by atoms with van der Waals surface area (Å²) in [7, 11) is 0. The van der Waals surface area contributed by atoms with Crippen LogP contribution in [0.25, 0.3) is 5.57 Å². The maximum atomic E-state index is 14.0. The number of ether oxygens (including phenoxy) is 1. The highest BCUT2D eigenvalue weighted by atomic mass is 19.3. The smallest absolute Gasteiger partial charge is 0.303 e. The van der Waals surface area contributed by atoms with Gasteiger partial charge in [0.1, 0.15) is 18.2 Å². The minimum atomic E-state index is -2.87. The van der Waals surface area contributed by atoms with Crippen molar-refractivity contribution in [1.82, 2.24) is 0 Å². The van der Waals surface area contributed by atoms with Gasteiger partial charge in [-0.05, 0) is 59.4 Å². The maximum absolute atomic E-state index is 14.0. The third kappa shape index (κ3) is 4.94. The Hall–Kier alpha value is -2.76. The monoisotopic (exact) mass is 390 g/mol. The Bertz CT molecular complexity index is 919. The molecule has 0 bridgehead atoms. The zero-order valence-corrected chi connectivity index (χ0v) is 15.5. The number of carbonyl (C=O) groups is 1. The van der Waals surface area contributed by atoms with Gasteiger partial charge in [0, 0.05) is 19.3 Å². The minimum absolute atomic E-state index is 0.00322. The van der Waals surface area contributed by atoms with E-state index in [1.54, 1.807) is 18.2 Å². The summed E-state index contributed by atoms with van der Waals surface area (Å²) >= 11 is 0. The number of hydrogen-bond acceptors (Lipinski definition) is 2. The molecule has 3 rings (SSSR count). The maximum Gasteiger partial charge on any atom is 0.303 e. The fourth-order valence-corrected chi connectivity index (χ4v) is 3.43. The first kappa shape index (κ1) is 20.0. The van der Waals surface area contributed by atoms with Crippen molar-refractivity contribution >= 4 is 11.5 Å². The summed E-state index contributed by atoms with van der Waals surface area (Å²) in [4.78, 5) is 10.7. The molecule has 0 aromatic heterocycles. The molecule has 0 saturated carbocycles. The molecule has 0 unspecified atom stereocenters. The van der Waals surface area contributed by atoms with Crippen LogP contribution in [-0.4, -0.2) is 23.6 Å². The van der Waals surface area contributed by atoms with E-state index in [9.17, 15) is 18.0 Å². The van der Waals surface area contributed by atoms with Crippen LogP contribution < -0.4 is 4.74 Å². The van der Waals surface area contributed by atoms with Crippen LogP contribution in [0.1, 0.15) is 36.0 Å². The van der Waals surface area contributed by atoms with Crippen LogP contribution in [0.2, 0.25) is 0 Å². The standard InChI is InChI=1S/C22H21F3O3/c1-14-9-15(6-8-21(26)27)5-7-20(14)28-13-17-11-22(24,25)12-19(17)16-3-2-4-18(23)10-16/h2-5,7,9-10H,6,8,11-13H2,1H3,(H,26,27). The number of aryl methyl sites for hydroxylation is 2. The van der Waals surface area contributed by atoms with Gasteiger partial charge in [-0.25, -0.2) is 13.2 Å². The average molecular weight is 390 g/mol. The van der Waals surface area contributed by atoms with Gasteiger partial charge in [-0.2, -0.15) is 0 Å². The van der Waals surface area contributed by atoms with Crippen molar-refractivity contribution in [2.24, 2.45) is 0 Å². The van der Waals surface area contributed by atoms with Crippen LogP contribution in [0.5, 0.6) is 5.75 Å². The van der Waals surface area contributed by atoms with Crippen LogP contribution in [0, 0.1) is 12.7 Å². The summed E-state index contributed by atoms with van der Waals surface area (Å²) in [5, 5.41) is 8.77. The number of allylic oxidation sites excluding steroid dienone is 1. The molecular formula is C22H21F3O3. The lowest BCUT2D eigenvalue weighted by Gasteiger charge is -2.13. The molecule has 1 aliphatic carbocycles. The Morgan fingerprint density at radius 1 is 1.18 bits per heavy atom. The van der Waals surface area contributed by atoms with E-state index >= 15 is 0 Å². The van der Waals surface area contributed by atoms with Crippen molar-refractivity contribution in [2.45, 2.75) is 38.5 Å². The molecule has 148 valence electrons. The van der Waals surface area contributed by atoms with Crippen molar-refractivity contribution in [1.29, 1.82) is 0 Å². The lowest BCUT2D eigenvalue weighted by Crippen LogP contribution is -2.11. The Morgan fingerprint density at radius 2 is 1.96 bits per heavy atom. The summed E-state index contributed by atoms with van der Waals surface area (Å²) in [5.74, 6) is -3.64. The first-order chi connectivity index (χ1) is 13.2. The molecule has 0 spiro atoms. The molecule has 28 heavy (non-hydrogen) atoms. The van der Waals surface area contributed by atoms with Crippen molar-refractivity contribution in [3.05, 3.63) is 70.5 Å². The highest BCUT2D eigenvalue weighted by molar-refractivity contribution is 5.72. The molecule has 0 aliphatic heterocycles. The van der Waals surface area contributed by atoms with Crippen LogP contribution >= 0.6 is 0 Å². The molecule has 0 atom stereocenters. The second-order valence-electron chi connectivity index (χ2n) is 7.08. The van der Waals surface area contributed by atoms with Gasteiger partial charge in [-0.15, -0.1) is 0 Å². The summed E-state index contributed by atoms with van der Waals surface area (Å²) < 4.78 is 47.3. The molecule has 1 N–H and O–H groups in total. The normalized spacial score (nSPS) is 15.7. The fraction of sp³-hybridized carbons (Fsp3) is 0.318. The predicted molar refractivity (Wildman–Crippen MR) is 100 cm³/mol. The van der Waals surface area contributed by atoms with Gasteiger partial charge in [-0.1, -0.05) is 24.3 Å². The molecule has 0 heterocycles. The van der Waals surface area contributed by atoms with E-state index in [2.05, 4.69) is 0 Å². The molecule has 0 radical (unpaired) electrons. The average Bonchev–Trinajstić information content (AvgIpc) is 2.94. The number of rotatable bonds is 7. The molecule has 2 aromatic carbocycles. The Morgan fingerprint density at radius 3 is 2.64 bits per heavy atom. The number of benzene rings is 2. The largest absolute Gasteiger partial charge is 0.489 e. The lowest BCUT2D eigenvalue weighted by molar-refractivity contribution is -0.136. The lowest BCUT2D eigenvalue weighted by atomic mass is 10.0. The molecule has 0 fully saturated rings. The molecule has 6 heteroatoms. The third-order valence-electron chi connectivity index (χ3n) is 4.78. The molecular weight excluding hydrogens is 369 g/mol. The summed E-state index contributed by atoms with van der Waals surface area (Å²) in [5.41, 5.74) is 3.03. The number of hydrogen-bond donors (Lipinski definition) is 1. The van der Waals surface area contributed by atoms with E-state index < -0.39 is 30.6 Å². The number of halogens is 3. The van der Waals surface area contributed by atoms with Crippen LogP contribution in [0.15, 0.2) is 48.0 Å². The fourth-order valence-electron chi connectivity index (χ4n) is 3.43. The van der Waals surface area contributed by atoms with Gasteiger partial charge in [-0.3, -0.25) is 4.79 Å². The molecule has 2 aromatic rings. The number of carboxylic acids is 1. The minimum Gasteiger partial charge on any atom is -0.489 e. The van der Waals surface area contributed by atoms with Gasteiger partial charge in [0.25, 0.3) is 5.92 Å². The van der Waals surface area contributed by atoms with Gasteiger partial charge >= 0.3 is 5.97 Å². The predicted octanol–water partition coefficient (Wildman–Crippen LogP) is 5.41. The van der Waals surface area contributed by atoms with E-state index in [-0.39, 0.29) is 13.0 Å². The highest BCUT2D eigenvalue weighted by Crippen LogP contribution is 2.44. The zero-order valence-electron chi connectivity index (χ0n) is 15.5. The molecule has 0 amide bonds. The second-order valence-corrected chi connectivity index (χ2v) is 7.08. The second kappa shape index (κ2) is 8.09. The quantitative estimate of drug-likeness (QED) is 0.687. The molecule has 0 saturated heterocycles. The topological polar surface area (TPSA) is 46.5 Å². The number of aliphatic carboxylic acids is 1. The van der Waals surface area contributed by atoms with Gasteiger partial charge in [0.2, 0.25) is 0 Å². The highest BCUT2D eigenvalue weighted by Gasteiger charge is 2.39. The van der Waals surface area contributed by atoms with Crippen molar-refractivity contribution < 1.29 is 27.8 Å². The number of alkyl halides is 2. The SMILES string of the molecule is Cc1cc(CCC(=O)O)ccc1OCC1=C(c2cccc(F)c2)CC(F)(F)C1. The van der Waals surface area contributed by atoms with Crippen LogP contribution in [-0.2, 0) is 11.2 Å². The van der Waals surface area contributed by atoms with Crippen molar-refractivity contribution in [3.63, 3.8) is 0 Å². The van der Waals surface area contributed by atoms with Gasteiger partial charge in [0.05, 0.1) is 0 Å². The first-order valence-electron chi connectivity index (χ1n) is 9.02. The Kier molecular flexibility index (Phi) is 5.77. The van der Waals surface area contributed by atoms with Crippen LogP contribution in [0.3, 0.4) is 0 Å². The van der Waals surface area contributed by atoms with E-state index in [4.69, 9.17) is 9.84 Å². The Labute approximate surface area is 161 Å². The zero-order chi connectivity index (χ0) is 20.3. The van der Waals surface area contributed by atoms with E-state index in [1.165, 1.54) is 18.2 Å². The Balaban J connectivity index is 1.76. The van der Waals surface area contributed by atoms with E-state index in [0.29, 0.717) is 28.9 Å². The van der Waals surface area contributed by atoms with E-state index in [1.807, 2.05) is 13.0 Å². The molecule has 1 aliphatic rings. The molecule has 3 nitrogen and oxygen atoms in total. The first-order valence-corrected chi connectivity index (χ1v) is 9.02. The van der Waals surface area contributed by atoms with Crippen molar-refractivity contribution in [2.75, 3.05) is 6.61 Å². The number of carboxylic acid groups (broad SMARTS) is 1. The van der Waals surface area contributed by atoms with Gasteiger partial charge in [0.15, 0.2) is 0 Å². The van der Waals surface area contributed by atoms with Crippen LogP contribution in [0.4, 0.5) is 13.2 Å². The van der Waals surface area contributed by atoms with Crippen molar-refractivity contribution in [3.8, 4) is 5.75 Å². The summed E-state index contributed by atoms with van der Waals surface area (Å²) in [6.07, 6.45) is -0.382.